The van der Waals surface area contributed by atoms with Crippen molar-refractivity contribution in [2.45, 2.75) is 49.2 Å². The third-order valence-corrected chi connectivity index (χ3v) is 8.89. The van der Waals surface area contributed by atoms with Crippen LogP contribution in [-0.2, 0) is 21.4 Å². The summed E-state index contributed by atoms with van der Waals surface area (Å²) < 4.78 is 28.0. The van der Waals surface area contributed by atoms with Crippen molar-refractivity contribution >= 4 is 27.6 Å². The standard InChI is InChI=1S/C29H36N6O4S/c36-28(37)27(33-40(38,39)26-5-2-1-3-6-26)21-34(19-22-7-8-22)20-23-9-11-25(12-10-23)35-17-13-24(14-18-35)32-29-30-15-4-16-31-29/h1-6,9-12,15-16,22,24,27,33H,7-8,13-14,17-21H2,(H,36,37)(H,30,31,32)/t27-/m0/s1. The van der Waals surface area contributed by atoms with E-state index in [1.54, 1.807) is 36.7 Å². The molecule has 1 atom stereocenters. The quantitative estimate of drug-likeness (QED) is 0.287. The Balaban J connectivity index is 1.18. The molecule has 212 valence electrons. The van der Waals surface area contributed by atoms with Crippen LogP contribution >= 0.6 is 0 Å². The Morgan fingerprint density at radius 2 is 1.65 bits per heavy atom. The Morgan fingerprint density at radius 3 is 2.27 bits per heavy atom. The van der Waals surface area contributed by atoms with Crippen molar-refractivity contribution in [3.63, 3.8) is 0 Å². The number of hydrogen-bond acceptors (Lipinski definition) is 8. The smallest absolute Gasteiger partial charge is 0.323 e. The van der Waals surface area contributed by atoms with E-state index in [9.17, 15) is 18.3 Å². The molecule has 10 nitrogen and oxygen atoms in total. The zero-order valence-corrected chi connectivity index (χ0v) is 23.2. The highest BCUT2D eigenvalue weighted by Crippen LogP contribution is 2.30. The minimum absolute atomic E-state index is 0.0544. The van der Waals surface area contributed by atoms with Gasteiger partial charge in [-0.15, -0.1) is 0 Å². The Bertz CT molecular complexity index is 1350. The number of sulfonamides is 1. The molecular formula is C29H36N6O4S. The summed E-state index contributed by atoms with van der Waals surface area (Å²) in [6.45, 7) is 3.24. The molecule has 1 saturated carbocycles. The molecule has 5 rings (SSSR count). The van der Waals surface area contributed by atoms with Gasteiger partial charge in [0.05, 0.1) is 4.90 Å². The first-order chi connectivity index (χ1) is 19.4. The number of benzene rings is 2. The van der Waals surface area contributed by atoms with E-state index >= 15 is 0 Å². The predicted octanol–water partition coefficient (Wildman–Crippen LogP) is 3.20. The molecule has 2 fully saturated rings. The highest BCUT2D eigenvalue weighted by Gasteiger charge is 2.31. The normalized spacial score (nSPS) is 17.1. The van der Waals surface area contributed by atoms with Crippen LogP contribution in [-0.4, -0.2) is 72.6 Å². The van der Waals surface area contributed by atoms with Crippen LogP contribution < -0.4 is 14.9 Å². The fourth-order valence-corrected chi connectivity index (χ4v) is 6.26. The fraction of sp³-hybridized carbons (Fsp3) is 0.414. The van der Waals surface area contributed by atoms with Crippen LogP contribution in [0.25, 0.3) is 0 Å². The molecule has 0 radical (unpaired) electrons. The van der Waals surface area contributed by atoms with Gasteiger partial charge in [-0.25, -0.2) is 18.4 Å². The second-order valence-electron chi connectivity index (χ2n) is 10.6. The van der Waals surface area contributed by atoms with Crippen LogP contribution in [0, 0.1) is 5.92 Å². The molecule has 11 heteroatoms. The molecule has 2 heterocycles. The van der Waals surface area contributed by atoms with Gasteiger partial charge >= 0.3 is 5.97 Å². The second-order valence-corrected chi connectivity index (χ2v) is 12.3. The molecule has 40 heavy (non-hydrogen) atoms. The van der Waals surface area contributed by atoms with E-state index in [4.69, 9.17) is 0 Å². The summed E-state index contributed by atoms with van der Waals surface area (Å²) in [6, 6.07) is 17.2. The lowest BCUT2D eigenvalue weighted by Gasteiger charge is -2.34. The van der Waals surface area contributed by atoms with Crippen LogP contribution in [0.15, 0.2) is 78.0 Å². The second kappa shape index (κ2) is 12.8. The number of nitrogens with zero attached hydrogens (tertiary/aromatic N) is 4. The maximum Gasteiger partial charge on any atom is 0.323 e. The number of carboxylic acids is 1. The minimum atomic E-state index is -3.95. The Kier molecular flexibility index (Phi) is 8.93. The van der Waals surface area contributed by atoms with Crippen molar-refractivity contribution in [3.05, 3.63) is 78.6 Å². The SMILES string of the molecule is O=C(O)[C@H](CN(Cc1ccc(N2CCC(Nc3ncccn3)CC2)cc1)CC1CC1)NS(=O)(=O)c1ccccc1. The van der Waals surface area contributed by atoms with Gasteiger partial charge in [0.1, 0.15) is 6.04 Å². The third kappa shape index (κ3) is 7.77. The Hall–Kier alpha value is -3.54. The van der Waals surface area contributed by atoms with Gasteiger partial charge < -0.3 is 15.3 Å². The first-order valence-corrected chi connectivity index (χ1v) is 15.2. The molecule has 2 aliphatic rings. The summed E-state index contributed by atoms with van der Waals surface area (Å²) >= 11 is 0. The van der Waals surface area contributed by atoms with Gasteiger partial charge in [0.2, 0.25) is 16.0 Å². The number of aliphatic carboxylic acids is 1. The molecular weight excluding hydrogens is 528 g/mol. The Morgan fingerprint density at radius 1 is 0.975 bits per heavy atom. The number of nitrogens with one attached hydrogen (secondary N) is 2. The lowest BCUT2D eigenvalue weighted by Crippen LogP contribution is -2.48. The summed E-state index contributed by atoms with van der Waals surface area (Å²) in [5.41, 5.74) is 2.23. The molecule has 0 spiro atoms. The average Bonchev–Trinajstić information content (AvgIpc) is 3.78. The summed E-state index contributed by atoms with van der Waals surface area (Å²) in [5, 5.41) is 13.3. The number of rotatable bonds is 13. The first kappa shape index (κ1) is 28.0. The highest BCUT2D eigenvalue weighted by molar-refractivity contribution is 7.89. The van der Waals surface area contributed by atoms with Crippen molar-refractivity contribution in [1.29, 1.82) is 0 Å². The Labute approximate surface area is 235 Å². The summed E-state index contributed by atoms with van der Waals surface area (Å²) in [6.07, 6.45) is 7.69. The molecule has 3 aromatic rings. The lowest BCUT2D eigenvalue weighted by molar-refractivity contribution is -0.139. The van der Waals surface area contributed by atoms with Gasteiger partial charge in [0.15, 0.2) is 0 Å². The third-order valence-electron chi connectivity index (χ3n) is 7.40. The van der Waals surface area contributed by atoms with Crippen molar-refractivity contribution < 1.29 is 18.3 Å². The van der Waals surface area contributed by atoms with Crippen LogP contribution in [0.1, 0.15) is 31.2 Å². The van der Waals surface area contributed by atoms with Crippen molar-refractivity contribution in [3.8, 4) is 0 Å². The molecule has 1 aliphatic heterocycles. The number of carboxylic acid groups (broad SMARTS) is 1. The van der Waals surface area contributed by atoms with Crippen LogP contribution in [0.2, 0.25) is 0 Å². The van der Waals surface area contributed by atoms with E-state index < -0.39 is 22.0 Å². The fourth-order valence-electron chi connectivity index (χ4n) is 5.06. The van der Waals surface area contributed by atoms with Gasteiger partial charge in [-0.1, -0.05) is 30.3 Å². The van der Waals surface area contributed by atoms with E-state index in [0.29, 0.717) is 24.5 Å². The molecule has 2 aromatic carbocycles. The summed E-state index contributed by atoms with van der Waals surface area (Å²) in [4.78, 5) is 25.1. The van der Waals surface area contributed by atoms with Crippen LogP contribution in [0.4, 0.5) is 11.6 Å². The minimum Gasteiger partial charge on any atom is -0.480 e. The zero-order valence-electron chi connectivity index (χ0n) is 22.4. The van der Waals surface area contributed by atoms with E-state index in [1.165, 1.54) is 12.1 Å². The molecule has 3 N–H and O–H groups in total. The van der Waals surface area contributed by atoms with E-state index in [2.05, 4.69) is 54.1 Å². The van der Waals surface area contributed by atoms with E-state index in [0.717, 1.165) is 56.6 Å². The zero-order chi connectivity index (χ0) is 28.0. The van der Waals surface area contributed by atoms with E-state index in [1.807, 2.05) is 0 Å². The van der Waals surface area contributed by atoms with Gasteiger partial charge in [-0.05, 0) is 67.5 Å². The first-order valence-electron chi connectivity index (χ1n) is 13.8. The van der Waals surface area contributed by atoms with E-state index in [-0.39, 0.29) is 11.4 Å². The number of hydrogen-bond donors (Lipinski definition) is 3. The number of carbonyl (C=O) groups is 1. The number of anilines is 2. The van der Waals surface area contributed by atoms with Crippen LogP contribution in [0.5, 0.6) is 0 Å². The lowest BCUT2D eigenvalue weighted by atomic mass is 10.0. The van der Waals surface area contributed by atoms with Crippen LogP contribution in [0.3, 0.4) is 0 Å². The molecule has 0 bridgehead atoms. The van der Waals surface area contributed by atoms with Gasteiger partial charge in [-0.3, -0.25) is 9.69 Å². The molecule has 1 aromatic heterocycles. The summed E-state index contributed by atoms with van der Waals surface area (Å²) in [7, 11) is -3.95. The molecule has 0 amide bonds. The largest absolute Gasteiger partial charge is 0.480 e. The van der Waals surface area contributed by atoms with Crippen molar-refractivity contribution in [2.75, 3.05) is 36.4 Å². The number of piperidine rings is 1. The molecule has 0 unspecified atom stereocenters. The summed E-state index contributed by atoms with van der Waals surface area (Å²) in [5.74, 6) is 0.00191. The van der Waals surface area contributed by atoms with Gasteiger partial charge in [0.25, 0.3) is 0 Å². The topological polar surface area (TPSA) is 128 Å². The van der Waals surface area contributed by atoms with Crippen molar-refractivity contribution in [2.24, 2.45) is 5.92 Å². The van der Waals surface area contributed by atoms with Gasteiger partial charge in [-0.2, -0.15) is 4.72 Å². The maximum absolute atomic E-state index is 12.8. The molecule has 1 aliphatic carbocycles. The van der Waals surface area contributed by atoms with Crippen molar-refractivity contribution in [1.82, 2.24) is 19.6 Å². The predicted molar refractivity (Wildman–Crippen MR) is 154 cm³/mol. The highest BCUT2D eigenvalue weighted by atomic mass is 32.2. The number of aromatic nitrogens is 2. The van der Waals surface area contributed by atoms with Gasteiger partial charge in [0, 0.05) is 56.8 Å². The maximum atomic E-state index is 12.8. The average molecular weight is 565 g/mol. The molecule has 1 saturated heterocycles. The monoisotopic (exact) mass is 564 g/mol.